The van der Waals surface area contributed by atoms with Gasteiger partial charge >= 0.3 is 5.97 Å². The summed E-state index contributed by atoms with van der Waals surface area (Å²) in [6, 6.07) is 2.71. The van der Waals surface area contributed by atoms with Crippen LogP contribution < -0.4 is 0 Å². The van der Waals surface area contributed by atoms with E-state index in [1.807, 2.05) is 0 Å². The number of hydrogen-bond donors (Lipinski definition) is 1. The normalized spacial score (nSPS) is 18.8. The van der Waals surface area contributed by atoms with Crippen LogP contribution in [0.4, 0.5) is 5.69 Å². The third-order valence-corrected chi connectivity index (χ3v) is 7.90. The summed E-state index contributed by atoms with van der Waals surface area (Å²) in [4.78, 5) is 36.9. The molecule has 0 radical (unpaired) electrons. The molecule has 1 aliphatic carbocycles. The molecule has 9 heteroatoms. The lowest BCUT2D eigenvalue weighted by Gasteiger charge is -2.18. The summed E-state index contributed by atoms with van der Waals surface area (Å²) in [5.74, 6) is -1.35. The molecular formula is C21H24ClNO6S. The van der Waals surface area contributed by atoms with Crippen LogP contribution in [0.15, 0.2) is 22.1 Å². The predicted octanol–water partition coefficient (Wildman–Crippen LogP) is 4.39. The van der Waals surface area contributed by atoms with Crippen LogP contribution in [0.3, 0.4) is 0 Å². The van der Waals surface area contributed by atoms with Crippen LogP contribution in [-0.2, 0) is 24.1 Å². The van der Waals surface area contributed by atoms with Gasteiger partial charge in [-0.05, 0) is 38.3 Å². The smallest absolute Gasteiger partial charge is 0.340 e. The molecule has 30 heavy (non-hydrogen) atoms. The van der Waals surface area contributed by atoms with Crippen LogP contribution in [-0.4, -0.2) is 45.0 Å². The van der Waals surface area contributed by atoms with Gasteiger partial charge in [0.15, 0.2) is 11.6 Å². The minimum Gasteiger partial charge on any atom is -0.506 e. The fourth-order valence-electron chi connectivity index (χ4n) is 3.62. The van der Waals surface area contributed by atoms with Crippen molar-refractivity contribution in [2.45, 2.75) is 45.4 Å². The van der Waals surface area contributed by atoms with E-state index in [0.29, 0.717) is 17.9 Å². The zero-order valence-electron chi connectivity index (χ0n) is 16.7. The number of aliphatic hydroxyl groups excluding tert-OH is 1. The van der Waals surface area contributed by atoms with Crippen molar-refractivity contribution in [1.82, 2.24) is 0 Å². The maximum absolute atomic E-state index is 13.2. The lowest BCUT2D eigenvalue weighted by molar-refractivity contribution is -0.123. The summed E-state index contributed by atoms with van der Waals surface area (Å²) in [6.07, 6.45) is 3.23. The topological polar surface area (TPSA) is 110 Å². The molecule has 0 amide bonds. The van der Waals surface area contributed by atoms with E-state index in [1.54, 1.807) is 6.92 Å². The summed E-state index contributed by atoms with van der Waals surface area (Å²) in [5, 5.41) is 10.6. The lowest BCUT2D eigenvalue weighted by atomic mass is 9.89. The highest BCUT2D eigenvalue weighted by atomic mass is 35.5. The fraction of sp³-hybridized carbons (Fsp3) is 0.476. The van der Waals surface area contributed by atoms with Crippen LogP contribution in [0.2, 0.25) is 5.02 Å². The third-order valence-electron chi connectivity index (χ3n) is 5.15. The molecule has 0 atom stereocenters. The molecule has 162 valence electrons. The number of Topliss-reactive ketones (excluding diaryl/α,β-unsaturated/α-hetero) is 2. The van der Waals surface area contributed by atoms with Gasteiger partial charge in [0.25, 0.3) is 0 Å². The van der Waals surface area contributed by atoms with Crippen molar-refractivity contribution < 1.29 is 28.4 Å². The third kappa shape index (κ3) is 4.59. The number of ether oxygens (including phenoxy) is 1. The first-order valence-corrected chi connectivity index (χ1v) is 12.2. The van der Waals surface area contributed by atoms with E-state index in [4.69, 9.17) is 16.3 Å². The average Bonchev–Trinajstić information content (AvgIpc) is 2.69. The Morgan fingerprint density at radius 3 is 2.30 bits per heavy atom. The molecular weight excluding hydrogens is 430 g/mol. The van der Waals surface area contributed by atoms with E-state index >= 15 is 0 Å². The summed E-state index contributed by atoms with van der Waals surface area (Å²) < 4.78 is 22.6. The van der Waals surface area contributed by atoms with Crippen molar-refractivity contribution in [3.8, 4) is 0 Å². The second-order valence-corrected chi connectivity index (χ2v) is 10.2. The number of benzene rings is 1. The molecule has 0 spiro atoms. The maximum atomic E-state index is 13.2. The summed E-state index contributed by atoms with van der Waals surface area (Å²) in [7, 11) is -2.62. The van der Waals surface area contributed by atoms with Crippen molar-refractivity contribution >= 4 is 50.3 Å². The average molecular weight is 454 g/mol. The minimum absolute atomic E-state index is 0.000810. The second kappa shape index (κ2) is 9.31. The minimum atomic E-state index is -2.62. The standard InChI is InChI=1S/C21H24ClNO6S/c1-2-29-21(27)14-10-9-13(20(26)17-15(24)7-6-8-16(17)25)18(22)19(14)23-30(28)11-4-3-5-12-30/h9-10,26H,2-8,11-12H2,1H3. The molecule has 1 saturated heterocycles. The SMILES string of the molecule is CCOC(=O)c1ccc(C(O)=C2C(=O)CCCC2=O)c(Cl)c1N=S1(=O)CCCCC1. The van der Waals surface area contributed by atoms with Gasteiger partial charge in [-0.3, -0.25) is 9.59 Å². The number of halogens is 1. The molecule has 0 bridgehead atoms. The number of ketones is 2. The van der Waals surface area contributed by atoms with E-state index < -0.39 is 33.0 Å². The largest absolute Gasteiger partial charge is 0.506 e. The van der Waals surface area contributed by atoms with Crippen LogP contribution in [0.25, 0.3) is 5.76 Å². The van der Waals surface area contributed by atoms with Crippen LogP contribution in [0.1, 0.15) is 61.4 Å². The molecule has 1 saturated carbocycles. The first-order valence-electron chi connectivity index (χ1n) is 9.99. The zero-order valence-corrected chi connectivity index (χ0v) is 18.3. The van der Waals surface area contributed by atoms with E-state index in [9.17, 15) is 23.7 Å². The summed E-state index contributed by atoms with van der Waals surface area (Å²) in [5.41, 5.74) is -0.305. The fourth-order valence-corrected chi connectivity index (χ4v) is 6.18. The maximum Gasteiger partial charge on any atom is 0.340 e. The summed E-state index contributed by atoms with van der Waals surface area (Å²) >= 11 is 6.51. The number of allylic oxidation sites excluding steroid dienone is 1. The Morgan fingerprint density at radius 1 is 1.10 bits per heavy atom. The van der Waals surface area contributed by atoms with Gasteiger partial charge in [-0.1, -0.05) is 18.0 Å². The Labute approximate surface area is 180 Å². The van der Waals surface area contributed by atoms with Gasteiger partial charge in [0.1, 0.15) is 17.0 Å². The van der Waals surface area contributed by atoms with Crippen LogP contribution in [0.5, 0.6) is 0 Å². The molecule has 0 aromatic heterocycles. The molecule has 2 fully saturated rings. The number of nitrogens with zero attached hydrogens (tertiary/aromatic N) is 1. The molecule has 1 aliphatic heterocycles. The number of esters is 1. The zero-order chi connectivity index (χ0) is 21.9. The highest BCUT2D eigenvalue weighted by molar-refractivity contribution is 7.93. The van der Waals surface area contributed by atoms with Crippen molar-refractivity contribution in [3.05, 3.63) is 33.9 Å². The molecule has 1 heterocycles. The Bertz CT molecular complexity index is 1020. The van der Waals surface area contributed by atoms with Crippen LogP contribution in [0, 0.1) is 0 Å². The van der Waals surface area contributed by atoms with E-state index in [1.165, 1.54) is 12.1 Å². The molecule has 0 unspecified atom stereocenters. The Hall–Kier alpha value is -2.19. The molecule has 7 nitrogen and oxygen atoms in total. The van der Waals surface area contributed by atoms with Gasteiger partial charge < -0.3 is 9.84 Å². The van der Waals surface area contributed by atoms with Gasteiger partial charge in [-0.15, -0.1) is 0 Å². The Kier molecular flexibility index (Phi) is 6.98. The number of carbonyl (C=O) groups excluding carboxylic acids is 3. The molecule has 1 aromatic rings. The van der Waals surface area contributed by atoms with Crippen molar-refractivity contribution in [2.24, 2.45) is 4.36 Å². The van der Waals surface area contributed by atoms with E-state index in [0.717, 1.165) is 19.3 Å². The van der Waals surface area contributed by atoms with E-state index in [-0.39, 0.29) is 46.9 Å². The van der Waals surface area contributed by atoms with Gasteiger partial charge in [0.2, 0.25) is 0 Å². The molecule has 1 N–H and O–H groups in total. The van der Waals surface area contributed by atoms with Gasteiger partial charge in [0, 0.05) is 29.9 Å². The first kappa shape index (κ1) is 22.5. The van der Waals surface area contributed by atoms with Crippen molar-refractivity contribution in [1.29, 1.82) is 0 Å². The lowest BCUT2D eigenvalue weighted by Crippen LogP contribution is -2.20. The van der Waals surface area contributed by atoms with Crippen molar-refractivity contribution in [3.63, 3.8) is 0 Å². The van der Waals surface area contributed by atoms with Gasteiger partial charge in [0.05, 0.1) is 26.9 Å². The van der Waals surface area contributed by atoms with Crippen LogP contribution >= 0.6 is 11.6 Å². The molecule has 3 rings (SSSR count). The van der Waals surface area contributed by atoms with Gasteiger partial charge in [-0.25, -0.2) is 9.00 Å². The number of hydrogen-bond acceptors (Lipinski definition) is 7. The number of aliphatic hydroxyl groups is 1. The van der Waals surface area contributed by atoms with Gasteiger partial charge in [-0.2, -0.15) is 4.36 Å². The quantitative estimate of drug-likeness (QED) is 0.313. The second-order valence-electron chi connectivity index (χ2n) is 7.30. The monoisotopic (exact) mass is 453 g/mol. The Morgan fingerprint density at radius 2 is 1.70 bits per heavy atom. The number of rotatable bonds is 4. The van der Waals surface area contributed by atoms with E-state index in [2.05, 4.69) is 4.36 Å². The summed E-state index contributed by atoms with van der Waals surface area (Å²) in [6.45, 7) is 1.79. The number of carbonyl (C=O) groups is 3. The van der Waals surface area contributed by atoms with Crippen molar-refractivity contribution in [2.75, 3.05) is 18.1 Å². The highest BCUT2D eigenvalue weighted by Gasteiger charge is 2.30. The molecule has 2 aliphatic rings. The highest BCUT2D eigenvalue weighted by Crippen LogP contribution is 2.39. The first-order chi connectivity index (χ1) is 14.3. The Balaban J connectivity index is 2.22. The molecule has 1 aromatic carbocycles. The predicted molar refractivity (Wildman–Crippen MR) is 115 cm³/mol.